The number of ether oxygens (including phenoxy) is 1. The Balaban J connectivity index is 1.20. The maximum atomic E-state index is 13.3. The van der Waals surface area contributed by atoms with E-state index >= 15 is 0 Å². The van der Waals surface area contributed by atoms with Crippen LogP contribution >= 0.6 is 15.9 Å². The Morgan fingerprint density at radius 2 is 1.61 bits per heavy atom. The maximum absolute atomic E-state index is 13.3. The first-order chi connectivity index (χ1) is 15.0. The number of allylic oxidation sites excluding steroid dienone is 2. The highest BCUT2D eigenvalue weighted by molar-refractivity contribution is 9.10. The van der Waals surface area contributed by atoms with Gasteiger partial charge in [0.25, 0.3) is 0 Å². The van der Waals surface area contributed by atoms with Crippen LogP contribution < -0.4 is 9.64 Å². The SMILES string of the molecule is O=C(COc1cccc(N2C(=O)[C@@H]3[C@H]4C=C[C@@H]([C@@H]5C[C@@H]45)[C@@H]3C2=O)c1)c1ccc(Br)cc1. The van der Waals surface area contributed by atoms with E-state index in [1.54, 1.807) is 36.4 Å². The summed E-state index contributed by atoms with van der Waals surface area (Å²) in [6.45, 7) is -0.115. The average Bonchev–Trinajstić information content (AvgIpc) is 3.56. The monoisotopic (exact) mass is 477 g/mol. The molecule has 0 radical (unpaired) electrons. The largest absolute Gasteiger partial charge is 0.485 e. The zero-order chi connectivity index (χ0) is 21.3. The van der Waals surface area contributed by atoms with Gasteiger partial charge in [0, 0.05) is 16.1 Å². The van der Waals surface area contributed by atoms with Crippen molar-refractivity contribution in [2.45, 2.75) is 6.42 Å². The van der Waals surface area contributed by atoms with Crippen molar-refractivity contribution < 1.29 is 19.1 Å². The Morgan fingerprint density at radius 3 is 2.26 bits per heavy atom. The molecule has 5 nitrogen and oxygen atoms in total. The number of anilines is 1. The van der Waals surface area contributed by atoms with Crippen LogP contribution in [0, 0.1) is 35.5 Å². The number of imide groups is 1. The third-order valence-electron chi connectivity index (χ3n) is 7.27. The molecule has 0 N–H and O–H groups in total. The molecular weight excluding hydrogens is 458 g/mol. The van der Waals surface area contributed by atoms with Gasteiger partial charge in [-0.2, -0.15) is 0 Å². The molecule has 1 saturated heterocycles. The summed E-state index contributed by atoms with van der Waals surface area (Å²) in [5.41, 5.74) is 1.08. The van der Waals surface area contributed by atoms with Gasteiger partial charge in [-0.3, -0.25) is 14.4 Å². The van der Waals surface area contributed by atoms with Gasteiger partial charge in [0.15, 0.2) is 12.4 Å². The number of carbonyl (C=O) groups is 3. The molecule has 2 bridgehead atoms. The fourth-order valence-electron chi connectivity index (χ4n) is 5.79. The number of nitrogens with zero attached hydrogens (tertiary/aromatic N) is 1. The second-order valence-corrected chi connectivity index (χ2v) is 9.80. The number of hydrogen-bond donors (Lipinski definition) is 0. The molecule has 1 heterocycles. The van der Waals surface area contributed by atoms with Crippen molar-refractivity contribution in [3.8, 4) is 5.75 Å². The van der Waals surface area contributed by atoms with Crippen LogP contribution in [0.25, 0.3) is 0 Å². The van der Waals surface area contributed by atoms with E-state index in [1.807, 2.05) is 12.1 Å². The van der Waals surface area contributed by atoms with Gasteiger partial charge in [-0.15, -0.1) is 0 Å². The topological polar surface area (TPSA) is 63.7 Å². The van der Waals surface area contributed by atoms with Crippen molar-refractivity contribution in [3.63, 3.8) is 0 Å². The molecule has 4 aliphatic carbocycles. The van der Waals surface area contributed by atoms with E-state index in [1.165, 1.54) is 4.90 Å². The summed E-state index contributed by atoms with van der Waals surface area (Å²) in [7, 11) is 0. The van der Waals surface area contributed by atoms with E-state index in [2.05, 4.69) is 28.1 Å². The Kier molecular flexibility index (Phi) is 4.22. The molecule has 2 aromatic rings. The van der Waals surface area contributed by atoms with Crippen molar-refractivity contribution in [1.82, 2.24) is 0 Å². The van der Waals surface area contributed by atoms with E-state index in [0.717, 1.165) is 10.9 Å². The van der Waals surface area contributed by atoms with Crippen molar-refractivity contribution in [3.05, 3.63) is 70.7 Å². The highest BCUT2D eigenvalue weighted by Crippen LogP contribution is 2.65. The predicted octanol–water partition coefficient (Wildman–Crippen LogP) is 4.27. The molecule has 1 aliphatic heterocycles. The van der Waals surface area contributed by atoms with Crippen molar-refractivity contribution in [2.75, 3.05) is 11.5 Å². The second kappa shape index (κ2) is 6.89. The minimum atomic E-state index is -0.227. The van der Waals surface area contributed by atoms with Gasteiger partial charge >= 0.3 is 0 Å². The molecule has 5 aliphatic rings. The molecule has 6 heteroatoms. The number of hydrogen-bond acceptors (Lipinski definition) is 4. The van der Waals surface area contributed by atoms with E-state index in [9.17, 15) is 14.4 Å². The molecule has 2 saturated carbocycles. The summed E-state index contributed by atoms with van der Waals surface area (Å²) < 4.78 is 6.60. The van der Waals surface area contributed by atoms with Crippen LogP contribution in [-0.4, -0.2) is 24.2 Å². The van der Waals surface area contributed by atoms with Crippen LogP contribution in [-0.2, 0) is 9.59 Å². The smallest absolute Gasteiger partial charge is 0.238 e. The van der Waals surface area contributed by atoms with Crippen LogP contribution in [0.4, 0.5) is 5.69 Å². The standard InChI is InChI=1S/C25H20BrNO4/c26-14-6-4-13(5-7-14)21(28)12-31-16-3-1-2-15(10-16)27-24(29)22-17-8-9-18(20-11-19(17)20)23(22)25(27)30/h1-10,17-20,22-23H,11-12H2/t17-,18-,19-,20-,22-,23+/m0/s1. The molecule has 0 aromatic heterocycles. The third-order valence-corrected chi connectivity index (χ3v) is 7.80. The van der Waals surface area contributed by atoms with Crippen molar-refractivity contribution >= 4 is 39.2 Å². The number of amides is 2. The van der Waals surface area contributed by atoms with Gasteiger partial charge in [0.2, 0.25) is 11.8 Å². The quantitative estimate of drug-likeness (QED) is 0.366. The normalized spacial score (nSPS) is 32.1. The Hall–Kier alpha value is -2.73. The number of rotatable bonds is 5. The number of benzene rings is 2. The summed E-state index contributed by atoms with van der Waals surface area (Å²) in [6, 6.07) is 14.0. The van der Waals surface area contributed by atoms with Gasteiger partial charge in [0.1, 0.15) is 5.75 Å². The minimum Gasteiger partial charge on any atom is -0.485 e. The lowest BCUT2D eigenvalue weighted by Gasteiger charge is -2.37. The molecule has 6 atom stereocenters. The van der Waals surface area contributed by atoms with Crippen LogP contribution in [0.5, 0.6) is 5.75 Å². The average molecular weight is 478 g/mol. The molecule has 7 rings (SSSR count). The highest BCUT2D eigenvalue weighted by atomic mass is 79.9. The molecule has 0 unspecified atom stereocenters. The van der Waals surface area contributed by atoms with Crippen LogP contribution in [0.1, 0.15) is 16.8 Å². The third kappa shape index (κ3) is 2.92. The Labute approximate surface area is 188 Å². The van der Waals surface area contributed by atoms with Gasteiger partial charge in [-0.05, 0) is 54.4 Å². The second-order valence-electron chi connectivity index (χ2n) is 8.88. The van der Waals surface area contributed by atoms with E-state index in [0.29, 0.717) is 28.8 Å². The fraction of sp³-hybridized carbons (Fsp3) is 0.320. The number of ketones is 1. The minimum absolute atomic E-state index is 0.0946. The van der Waals surface area contributed by atoms with Crippen LogP contribution in [0.15, 0.2) is 65.2 Å². The number of halogens is 1. The lowest BCUT2D eigenvalue weighted by atomic mass is 9.63. The van der Waals surface area contributed by atoms with Crippen molar-refractivity contribution in [2.24, 2.45) is 35.5 Å². The molecule has 3 fully saturated rings. The maximum Gasteiger partial charge on any atom is 0.238 e. The Bertz CT molecular complexity index is 1100. The summed E-state index contributed by atoms with van der Waals surface area (Å²) in [4.78, 5) is 40.3. The molecule has 2 aromatic carbocycles. The first-order valence-corrected chi connectivity index (χ1v) is 11.4. The van der Waals surface area contributed by atoms with Crippen LogP contribution in [0.2, 0.25) is 0 Å². The van der Waals surface area contributed by atoms with Gasteiger partial charge in [0.05, 0.1) is 17.5 Å². The highest BCUT2D eigenvalue weighted by Gasteiger charge is 2.67. The van der Waals surface area contributed by atoms with Gasteiger partial charge in [-0.1, -0.05) is 46.3 Å². The Morgan fingerprint density at radius 1 is 0.968 bits per heavy atom. The summed E-state index contributed by atoms with van der Waals surface area (Å²) in [5.74, 6) is 1.23. The molecule has 31 heavy (non-hydrogen) atoms. The summed E-state index contributed by atoms with van der Waals surface area (Å²) >= 11 is 3.35. The van der Waals surface area contributed by atoms with E-state index < -0.39 is 0 Å². The molecule has 156 valence electrons. The molecular formula is C25H20BrNO4. The lowest BCUT2D eigenvalue weighted by molar-refractivity contribution is -0.124. The number of Topliss-reactive ketones (excluding diaryl/α,β-unsaturated/α-hetero) is 1. The zero-order valence-corrected chi connectivity index (χ0v) is 18.2. The van der Waals surface area contributed by atoms with Gasteiger partial charge < -0.3 is 4.74 Å². The fourth-order valence-corrected chi connectivity index (χ4v) is 6.06. The number of carbonyl (C=O) groups excluding carboxylic acids is 3. The van der Waals surface area contributed by atoms with E-state index in [-0.39, 0.29) is 47.9 Å². The van der Waals surface area contributed by atoms with Crippen LogP contribution in [0.3, 0.4) is 0 Å². The first-order valence-electron chi connectivity index (χ1n) is 10.6. The lowest BCUT2D eigenvalue weighted by Crippen LogP contribution is -2.40. The van der Waals surface area contributed by atoms with E-state index in [4.69, 9.17) is 4.74 Å². The zero-order valence-electron chi connectivity index (χ0n) is 16.6. The molecule has 2 amide bonds. The first kappa shape index (κ1) is 19.0. The molecule has 0 spiro atoms. The van der Waals surface area contributed by atoms with Crippen molar-refractivity contribution in [1.29, 1.82) is 0 Å². The summed E-state index contributed by atoms with van der Waals surface area (Å²) in [5, 5.41) is 0. The summed E-state index contributed by atoms with van der Waals surface area (Å²) in [6.07, 6.45) is 5.48. The van der Waals surface area contributed by atoms with Gasteiger partial charge in [-0.25, -0.2) is 4.90 Å². The predicted molar refractivity (Wildman–Crippen MR) is 118 cm³/mol.